The molecule has 1 aromatic carbocycles. The second-order valence-corrected chi connectivity index (χ2v) is 4.83. The minimum atomic E-state index is 0.178. The molecule has 2 aromatic heterocycles. The summed E-state index contributed by atoms with van der Waals surface area (Å²) in [4.78, 5) is 8.50. The van der Waals surface area contributed by atoms with Crippen molar-refractivity contribution >= 4 is 16.9 Å². The molecule has 21 heavy (non-hydrogen) atoms. The predicted molar refractivity (Wildman–Crippen MR) is 83.9 cm³/mol. The first-order valence-electron chi connectivity index (χ1n) is 6.95. The smallest absolute Gasteiger partial charge is 0.160 e. The summed E-state index contributed by atoms with van der Waals surface area (Å²) in [5.41, 5.74) is 1.97. The third-order valence-electron chi connectivity index (χ3n) is 3.42. The van der Waals surface area contributed by atoms with Crippen LogP contribution in [0.2, 0.25) is 0 Å². The molecule has 0 amide bonds. The van der Waals surface area contributed by atoms with Crippen molar-refractivity contribution in [2.24, 2.45) is 0 Å². The van der Waals surface area contributed by atoms with E-state index in [2.05, 4.69) is 44.2 Å². The topological polar surface area (TPSA) is 66.5 Å². The number of aromatic nitrogens is 4. The van der Waals surface area contributed by atoms with E-state index in [1.165, 1.54) is 5.56 Å². The summed E-state index contributed by atoms with van der Waals surface area (Å²) in [7, 11) is 0. The fraction of sp³-hybridized carbons (Fsp3) is 0.188. The molecular weight excluding hydrogens is 262 g/mol. The average Bonchev–Trinajstić information content (AvgIpc) is 3.01. The minimum absolute atomic E-state index is 0.178. The number of anilines is 1. The first kappa shape index (κ1) is 13.3. The molecule has 5 heteroatoms. The van der Waals surface area contributed by atoms with Crippen molar-refractivity contribution < 1.29 is 0 Å². The van der Waals surface area contributed by atoms with E-state index >= 15 is 0 Å². The Hall–Kier alpha value is -2.69. The predicted octanol–water partition coefficient (Wildman–Crippen LogP) is 3.47. The number of allylic oxidation sites excluding steroid dienone is 1. The van der Waals surface area contributed by atoms with Gasteiger partial charge in [-0.25, -0.2) is 9.97 Å². The number of hydrogen-bond acceptors (Lipinski definition) is 4. The Morgan fingerprint density at radius 3 is 2.90 bits per heavy atom. The monoisotopic (exact) mass is 279 g/mol. The molecule has 0 saturated carbocycles. The SMILES string of the molecule is C=CCCC(Nc1ncnc2[nH]ncc12)c1ccccc1. The quantitative estimate of drug-likeness (QED) is 0.678. The molecule has 106 valence electrons. The van der Waals surface area contributed by atoms with E-state index in [9.17, 15) is 0 Å². The van der Waals surface area contributed by atoms with E-state index < -0.39 is 0 Å². The van der Waals surface area contributed by atoms with Crippen molar-refractivity contribution in [2.45, 2.75) is 18.9 Å². The Kier molecular flexibility index (Phi) is 3.91. The van der Waals surface area contributed by atoms with Crippen molar-refractivity contribution in [1.29, 1.82) is 0 Å². The van der Waals surface area contributed by atoms with E-state index in [4.69, 9.17) is 0 Å². The summed E-state index contributed by atoms with van der Waals surface area (Å²) in [5.74, 6) is 0.798. The summed E-state index contributed by atoms with van der Waals surface area (Å²) in [6, 6.07) is 10.5. The Labute approximate surface area is 123 Å². The third kappa shape index (κ3) is 2.91. The van der Waals surface area contributed by atoms with Crippen LogP contribution in [0.5, 0.6) is 0 Å². The largest absolute Gasteiger partial charge is 0.363 e. The summed E-state index contributed by atoms with van der Waals surface area (Å²) < 4.78 is 0. The number of fused-ring (bicyclic) bond motifs is 1. The Morgan fingerprint density at radius 1 is 1.24 bits per heavy atom. The summed E-state index contributed by atoms with van der Waals surface area (Å²) >= 11 is 0. The van der Waals surface area contributed by atoms with Gasteiger partial charge in [-0.15, -0.1) is 6.58 Å². The van der Waals surface area contributed by atoms with Crippen molar-refractivity contribution in [3.05, 3.63) is 61.1 Å². The van der Waals surface area contributed by atoms with Crippen LogP contribution in [0, 0.1) is 0 Å². The standard InChI is InChI=1S/C16H17N5/c1-2-3-9-14(12-7-5-4-6-8-12)20-15-13-10-19-21-16(13)18-11-17-15/h2,4-8,10-11,14H,1,3,9H2,(H2,17,18,19,20,21). The number of aromatic amines is 1. The molecule has 1 atom stereocenters. The lowest BCUT2D eigenvalue weighted by molar-refractivity contribution is 0.702. The molecule has 1 unspecified atom stereocenters. The lowest BCUT2D eigenvalue weighted by Crippen LogP contribution is -2.12. The molecule has 0 radical (unpaired) electrons. The number of nitrogens with one attached hydrogen (secondary N) is 2. The number of rotatable bonds is 6. The van der Waals surface area contributed by atoms with E-state index in [0.29, 0.717) is 0 Å². The zero-order valence-electron chi connectivity index (χ0n) is 11.7. The Morgan fingerprint density at radius 2 is 2.10 bits per heavy atom. The maximum Gasteiger partial charge on any atom is 0.160 e. The van der Waals surface area contributed by atoms with Gasteiger partial charge in [0.05, 0.1) is 17.6 Å². The van der Waals surface area contributed by atoms with Crippen molar-refractivity contribution in [3.63, 3.8) is 0 Å². The lowest BCUT2D eigenvalue weighted by atomic mass is 10.0. The van der Waals surface area contributed by atoms with Crippen LogP contribution in [-0.4, -0.2) is 20.2 Å². The van der Waals surface area contributed by atoms with E-state index in [0.717, 1.165) is 29.7 Å². The highest BCUT2D eigenvalue weighted by Gasteiger charge is 2.13. The van der Waals surface area contributed by atoms with Crippen LogP contribution in [0.25, 0.3) is 11.0 Å². The number of H-pyrrole nitrogens is 1. The van der Waals surface area contributed by atoms with Gasteiger partial charge in [0.1, 0.15) is 12.1 Å². The van der Waals surface area contributed by atoms with Gasteiger partial charge >= 0.3 is 0 Å². The van der Waals surface area contributed by atoms with Crippen molar-refractivity contribution in [1.82, 2.24) is 20.2 Å². The zero-order valence-corrected chi connectivity index (χ0v) is 11.7. The molecular formula is C16H17N5. The van der Waals surface area contributed by atoms with E-state index in [1.54, 1.807) is 12.5 Å². The summed E-state index contributed by atoms with van der Waals surface area (Å²) in [6.07, 6.45) is 7.11. The Balaban J connectivity index is 1.90. The number of benzene rings is 1. The highest BCUT2D eigenvalue weighted by molar-refractivity contribution is 5.85. The molecule has 2 heterocycles. The molecule has 5 nitrogen and oxygen atoms in total. The fourth-order valence-corrected chi connectivity index (χ4v) is 2.34. The van der Waals surface area contributed by atoms with Gasteiger partial charge in [0.15, 0.2) is 5.65 Å². The van der Waals surface area contributed by atoms with E-state index in [1.807, 2.05) is 24.3 Å². The molecule has 0 saturated heterocycles. The molecule has 0 aliphatic carbocycles. The molecule has 0 aliphatic rings. The maximum atomic E-state index is 4.34. The van der Waals surface area contributed by atoms with Gasteiger partial charge in [0.2, 0.25) is 0 Å². The zero-order chi connectivity index (χ0) is 14.5. The molecule has 3 aromatic rings. The lowest BCUT2D eigenvalue weighted by Gasteiger charge is -2.19. The number of nitrogens with zero attached hydrogens (tertiary/aromatic N) is 3. The van der Waals surface area contributed by atoms with Crippen LogP contribution < -0.4 is 5.32 Å². The normalized spacial score (nSPS) is 12.2. The Bertz CT molecular complexity index is 720. The van der Waals surface area contributed by atoms with Gasteiger partial charge in [-0.05, 0) is 18.4 Å². The van der Waals surface area contributed by atoms with Gasteiger partial charge in [0.25, 0.3) is 0 Å². The molecule has 0 aliphatic heterocycles. The molecule has 0 spiro atoms. The first-order valence-corrected chi connectivity index (χ1v) is 6.95. The molecule has 2 N–H and O–H groups in total. The van der Waals surface area contributed by atoms with Crippen LogP contribution in [-0.2, 0) is 0 Å². The van der Waals surface area contributed by atoms with E-state index in [-0.39, 0.29) is 6.04 Å². The summed E-state index contributed by atoms with van der Waals surface area (Å²) in [6.45, 7) is 3.81. The highest BCUT2D eigenvalue weighted by Crippen LogP contribution is 2.26. The molecule has 3 rings (SSSR count). The van der Waals surface area contributed by atoms with Gasteiger partial charge in [-0.1, -0.05) is 36.4 Å². The van der Waals surface area contributed by atoms with Crippen LogP contribution >= 0.6 is 0 Å². The minimum Gasteiger partial charge on any atom is -0.363 e. The van der Waals surface area contributed by atoms with Gasteiger partial charge in [-0.3, -0.25) is 5.10 Å². The maximum absolute atomic E-state index is 4.34. The van der Waals surface area contributed by atoms with Gasteiger partial charge in [-0.2, -0.15) is 5.10 Å². The highest BCUT2D eigenvalue weighted by atomic mass is 15.2. The van der Waals surface area contributed by atoms with Gasteiger partial charge < -0.3 is 5.32 Å². The van der Waals surface area contributed by atoms with Crippen LogP contribution in [0.3, 0.4) is 0 Å². The van der Waals surface area contributed by atoms with Crippen molar-refractivity contribution in [3.8, 4) is 0 Å². The van der Waals surface area contributed by atoms with Crippen LogP contribution in [0.1, 0.15) is 24.4 Å². The van der Waals surface area contributed by atoms with Crippen LogP contribution in [0.15, 0.2) is 55.5 Å². The number of hydrogen-bond donors (Lipinski definition) is 2. The first-order chi connectivity index (χ1) is 10.4. The average molecular weight is 279 g/mol. The van der Waals surface area contributed by atoms with Gasteiger partial charge in [0, 0.05) is 0 Å². The summed E-state index contributed by atoms with van der Waals surface area (Å²) in [5, 5.41) is 11.3. The molecule has 0 fully saturated rings. The second kappa shape index (κ2) is 6.17. The second-order valence-electron chi connectivity index (χ2n) is 4.83. The fourth-order valence-electron chi connectivity index (χ4n) is 2.34. The third-order valence-corrected chi connectivity index (χ3v) is 3.42. The molecule has 0 bridgehead atoms. The van der Waals surface area contributed by atoms with Crippen LogP contribution in [0.4, 0.5) is 5.82 Å². The van der Waals surface area contributed by atoms with Crippen molar-refractivity contribution in [2.75, 3.05) is 5.32 Å².